The monoisotopic (exact) mass is 122 g/mol. The van der Waals surface area contributed by atoms with Gasteiger partial charge in [0.2, 0.25) is 0 Å². The molecule has 3 fully saturated rings. The molecule has 3 saturated heterocycles. The molecule has 0 aromatic rings. The highest BCUT2D eigenvalue weighted by molar-refractivity contribution is 5.75. The van der Waals surface area contributed by atoms with Crippen LogP contribution in [-0.4, -0.2) is 32.9 Å². The number of rotatable bonds is 0. The van der Waals surface area contributed by atoms with Gasteiger partial charge in [-0.3, -0.25) is 0 Å². The molecule has 0 saturated carbocycles. The highest BCUT2D eigenvalue weighted by Gasteiger charge is 2.24. The van der Waals surface area contributed by atoms with E-state index >= 15 is 0 Å². The third kappa shape index (κ3) is 1.29. The molecule has 0 aromatic heterocycles. The Morgan fingerprint density at radius 3 is 1.44 bits per heavy atom. The highest BCUT2D eigenvalue weighted by Crippen LogP contribution is 2.26. The minimum Gasteiger partial charge on any atom is -0.303 e. The molecule has 2 heteroatoms. The first-order valence-electron chi connectivity index (χ1n) is 3.67. The molecule has 3 radical (unpaired) electrons. The minimum absolute atomic E-state index is 0. The lowest BCUT2D eigenvalue weighted by Gasteiger charge is -2.38. The second kappa shape index (κ2) is 2.74. The Morgan fingerprint density at radius 2 is 1.33 bits per heavy atom. The van der Waals surface area contributed by atoms with Gasteiger partial charge < -0.3 is 4.90 Å². The molecular weight excluding hydrogens is 109 g/mol. The molecule has 3 aliphatic heterocycles. The Kier molecular flexibility index (Phi) is 2.17. The molecule has 0 aromatic carbocycles. The summed E-state index contributed by atoms with van der Waals surface area (Å²) in [5.41, 5.74) is 0. The van der Waals surface area contributed by atoms with Crippen molar-refractivity contribution in [3.63, 3.8) is 0 Å². The molecule has 9 heavy (non-hydrogen) atoms. The van der Waals surface area contributed by atoms with Gasteiger partial charge in [-0.15, -0.1) is 0 Å². The number of hydrogen-bond donors (Lipinski definition) is 0. The Balaban J connectivity index is 0.000000405. The molecule has 0 N–H and O–H groups in total. The molecule has 3 rings (SSSR count). The van der Waals surface area contributed by atoms with E-state index in [-0.39, 0.29) is 8.41 Å². The van der Waals surface area contributed by atoms with Gasteiger partial charge >= 0.3 is 0 Å². The molecular formula is C7H13BN. The van der Waals surface area contributed by atoms with E-state index in [1.54, 1.807) is 0 Å². The first kappa shape index (κ1) is 7.14. The SMILES string of the molecule is C1CN2CCC1CC2.[B]. The third-order valence-electron chi connectivity index (χ3n) is 2.56. The van der Waals surface area contributed by atoms with Crippen LogP contribution in [0.2, 0.25) is 0 Å². The van der Waals surface area contributed by atoms with E-state index in [1.165, 1.54) is 38.9 Å². The summed E-state index contributed by atoms with van der Waals surface area (Å²) in [6.07, 6.45) is 4.46. The average Bonchev–Trinajstić information content (AvgIpc) is 1.92. The van der Waals surface area contributed by atoms with Crippen LogP contribution in [0.15, 0.2) is 0 Å². The summed E-state index contributed by atoms with van der Waals surface area (Å²) < 4.78 is 0. The Hall–Kier alpha value is 0.0249. The molecule has 0 aliphatic carbocycles. The summed E-state index contributed by atoms with van der Waals surface area (Å²) in [7, 11) is 0. The summed E-state index contributed by atoms with van der Waals surface area (Å²) in [6, 6.07) is 0. The van der Waals surface area contributed by atoms with Crippen LogP contribution < -0.4 is 0 Å². The van der Waals surface area contributed by atoms with Crippen LogP contribution in [0.1, 0.15) is 19.3 Å². The van der Waals surface area contributed by atoms with Gasteiger partial charge in [-0.05, 0) is 44.8 Å². The Bertz CT molecular complexity index is 63.9. The van der Waals surface area contributed by atoms with Crippen LogP contribution in [-0.2, 0) is 0 Å². The Labute approximate surface area is 59.0 Å². The van der Waals surface area contributed by atoms with Crippen molar-refractivity contribution in [2.75, 3.05) is 19.6 Å². The first-order chi connectivity index (χ1) is 3.95. The fourth-order valence-electron chi connectivity index (χ4n) is 1.86. The van der Waals surface area contributed by atoms with Crippen LogP contribution in [0.5, 0.6) is 0 Å². The van der Waals surface area contributed by atoms with Crippen LogP contribution in [0.25, 0.3) is 0 Å². The van der Waals surface area contributed by atoms with E-state index in [9.17, 15) is 0 Å². The van der Waals surface area contributed by atoms with Crippen molar-refractivity contribution in [2.24, 2.45) is 5.92 Å². The largest absolute Gasteiger partial charge is 0.303 e. The van der Waals surface area contributed by atoms with E-state index in [1.807, 2.05) is 0 Å². The lowest BCUT2D eigenvalue weighted by atomic mass is 9.89. The van der Waals surface area contributed by atoms with Crippen molar-refractivity contribution in [1.29, 1.82) is 0 Å². The number of piperidine rings is 3. The topological polar surface area (TPSA) is 3.24 Å². The molecule has 0 spiro atoms. The molecule has 0 unspecified atom stereocenters. The molecule has 1 nitrogen and oxygen atoms in total. The fourth-order valence-corrected chi connectivity index (χ4v) is 1.86. The lowest BCUT2D eigenvalue weighted by molar-refractivity contribution is 0.111. The van der Waals surface area contributed by atoms with Crippen LogP contribution in [0.3, 0.4) is 0 Å². The van der Waals surface area contributed by atoms with E-state index in [2.05, 4.69) is 4.90 Å². The highest BCUT2D eigenvalue weighted by atomic mass is 15.1. The summed E-state index contributed by atoms with van der Waals surface area (Å²) >= 11 is 0. The van der Waals surface area contributed by atoms with Crippen molar-refractivity contribution >= 4 is 8.41 Å². The Morgan fingerprint density at radius 1 is 0.889 bits per heavy atom. The van der Waals surface area contributed by atoms with Gasteiger partial charge in [0.05, 0.1) is 0 Å². The quantitative estimate of drug-likeness (QED) is 0.428. The zero-order chi connectivity index (χ0) is 5.40. The van der Waals surface area contributed by atoms with Gasteiger partial charge in [-0.25, -0.2) is 0 Å². The minimum atomic E-state index is 0. The summed E-state index contributed by atoms with van der Waals surface area (Å²) in [5, 5.41) is 0. The normalized spacial score (nSPS) is 40.0. The number of fused-ring (bicyclic) bond motifs is 3. The van der Waals surface area contributed by atoms with Crippen LogP contribution in [0.4, 0.5) is 0 Å². The van der Waals surface area contributed by atoms with Gasteiger partial charge in [-0.1, -0.05) is 0 Å². The van der Waals surface area contributed by atoms with E-state index < -0.39 is 0 Å². The van der Waals surface area contributed by atoms with Crippen LogP contribution in [0, 0.1) is 5.92 Å². The standard InChI is InChI=1S/C7H13N.B/c1-4-8-5-2-7(1)3-6-8;/h7H,1-6H2;. The molecule has 3 aliphatic rings. The first-order valence-corrected chi connectivity index (χ1v) is 3.67. The average molecular weight is 122 g/mol. The van der Waals surface area contributed by atoms with E-state index in [0.29, 0.717) is 0 Å². The zero-order valence-electron chi connectivity index (χ0n) is 5.84. The fraction of sp³-hybridized carbons (Fsp3) is 1.00. The molecule has 0 amide bonds. The van der Waals surface area contributed by atoms with Crippen molar-refractivity contribution in [1.82, 2.24) is 4.90 Å². The molecule has 3 heterocycles. The lowest BCUT2D eigenvalue weighted by Crippen LogP contribution is -2.41. The van der Waals surface area contributed by atoms with E-state index in [0.717, 1.165) is 5.92 Å². The smallest absolute Gasteiger partial charge is 0 e. The molecule has 2 bridgehead atoms. The predicted molar refractivity (Wildman–Crippen MR) is 39.5 cm³/mol. The summed E-state index contributed by atoms with van der Waals surface area (Å²) in [5.74, 6) is 1.11. The van der Waals surface area contributed by atoms with Gasteiger partial charge in [0.1, 0.15) is 0 Å². The van der Waals surface area contributed by atoms with Crippen molar-refractivity contribution < 1.29 is 0 Å². The summed E-state index contributed by atoms with van der Waals surface area (Å²) in [4.78, 5) is 2.58. The van der Waals surface area contributed by atoms with Gasteiger partial charge in [-0.2, -0.15) is 0 Å². The second-order valence-electron chi connectivity index (χ2n) is 3.07. The maximum atomic E-state index is 2.58. The van der Waals surface area contributed by atoms with E-state index in [4.69, 9.17) is 0 Å². The van der Waals surface area contributed by atoms with Gasteiger partial charge in [0.15, 0.2) is 0 Å². The van der Waals surface area contributed by atoms with Crippen molar-refractivity contribution in [3.05, 3.63) is 0 Å². The number of nitrogens with zero attached hydrogens (tertiary/aromatic N) is 1. The zero-order valence-corrected chi connectivity index (χ0v) is 5.84. The van der Waals surface area contributed by atoms with Crippen molar-refractivity contribution in [3.8, 4) is 0 Å². The third-order valence-corrected chi connectivity index (χ3v) is 2.56. The van der Waals surface area contributed by atoms with Crippen molar-refractivity contribution in [2.45, 2.75) is 19.3 Å². The maximum absolute atomic E-state index is 2.58. The summed E-state index contributed by atoms with van der Waals surface area (Å²) in [6.45, 7) is 4.18. The number of hydrogen-bond acceptors (Lipinski definition) is 1. The predicted octanol–water partition coefficient (Wildman–Crippen LogP) is 0.721. The molecule has 0 atom stereocenters. The second-order valence-corrected chi connectivity index (χ2v) is 3.07. The van der Waals surface area contributed by atoms with Gasteiger partial charge in [0.25, 0.3) is 0 Å². The van der Waals surface area contributed by atoms with Crippen LogP contribution >= 0.6 is 0 Å². The maximum Gasteiger partial charge on any atom is 0 e. The molecule has 49 valence electrons. The van der Waals surface area contributed by atoms with Gasteiger partial charge in [0, 0.05) is 8.41 Å².